The van der Waals surface area contributed by atoms with Gasteiger partial charge in [-0.3, -0.25) is 5.41 Å². The Morgan fingerprint density at radius 1 is 1.38 bits per heavy atom. The van der Waals surface area contributed by atoms with Crippen LogP contribution in [0.2, 0.25) is 0 Å². The van der Waals surface area contributed by atoms with Crippen LogP contribution in [0.4, 0.5) is 0 Å². The fourth-order valence-electron chi connectivity index (χ4n) is 1.15. The zero-order valence-corrected chi connectivity index (χ0v) is 9.67. The summed E-state index contributed by atoms with van der Waals surface area (Å²) in [7, 11) is -1.07. The second-order valence-electron chi connectivity index (χ2n) is 2.94. The van der Waals surface area contributed by atoms with Crippen molar-refractivity contribution < 1.29 is 17.9 Å². The molecule has 0 aromatic heterocycles. The van der Waals surface area contributed by atoms with E-state index < -0.39 is 10.0 Å². The minimum Gasteiger partial charge on any atom is -0.496 e. The number of rotatable bonds is 3. The summed E-state index contributed by atoms with van der Waals surface area (Å²) in [4.78, 5) is -0.0925. The van der Waals surface area contributed by atoms with Gasteiger partial charge in [0, 0.05) is 0 Å². The van der Waals surface area contributed by atoms with Crippen LogP contribution in [0.5, 0.6) is 5.75 Å². The average molecular weight is 244 g/mol. The Kier molecular flexibility index (Phi) is 3.51. The van der Waals surface area contributed by atoms with Crippen LogP contribution in [0.15, 0.2) is 23.1 Å². The van der Waals surface area contributed by atoms with Crippen molar-refractivity contribution >= 4 is 15.9 Å². The highest BCUT2D eigenvalue weighted by Gasteiger charge is 2.15. The molecule has 0 amide bonds. The van der Waals surface area contributed by atoms with Gasteiger partial charge < -0.3 is 9.47 Å². The van der Waals surface area contributed by atoms with E-state index in [2.05, 4.69) is 0 Å². The molecule has 0 saturated heterocycles. The third-order valence-corrected chi connectivity index (χ3v) is 2.86. The third kappa shape index (κ3) is 2.50. The molecule has 6 nitrogen and oxygen atoms in total. The molecule has 1 aromatic carbocycles. The van der Waals surface area contributed by atoms with Gasteiger partial charge in [0.15, 0.2) is 0 Å². The fraction of sp³-hybridized carbons (Fsp3) is 0.222. The lowest BCUT2D eigenvalue weighted by molar-refractivity contribution is 0.387. The van der Waals surface area contributed by atoms with E-state index in [0.29, 0.717) is 5.75 Å². The van der Waals surface area contributed by atoms with Crippen molar-refractivity contribution in [1.29, 1.82) is 5.41 Å². The molecule has 0 aliphatic rings. The molecule has 88 valence electrons. The minimum atomic E-state index is -3.80. The molecular weight excluding hydrogens is 232 g/mol. The average Bonchev–Trinajstić information content (AvgIpc) is 2.25. The van der Waals surface area contributed by atoms with E-state index in [1.165, 1.54) is 32.4 Å². The van der Waals surface area contributed by atoms with E-state index in [4.69, 9.17) is 20.0 Å². The van der Waals surface area contributed by atoms with Crippen LogP contribution < -0.4 is 9.88 Å². The second kappa shape index (κ2) is 4.50. The van der Waals surface area contributed by atoms with Crippen LogP contribution in [0.1, 0.15) is 5.56 Å². The summed E-state index contributed by atoms with van der Waals surface area (Å²) in [5, 5.41) is 12.5. The molecule has 0 aliphatic heterocycles. The van der Waals surface area contributed by atoms with Gasteiger partial charge in [0.05, 0.1) is 24.7 Å². The number of sulfonamides is 1. The van der Waals surface area contributed by atoms with Gasteiger partial charge in [0.2, 0.25) is 15.9 Å². The van der Waals surface area contributed by atoms with Gasteiger partial charge in [-0.15, -0.1) is 0 Å². The highest BCUT2D eigenvalue weighted by Crippen LogP contribution is 2.22. The van der Waals surface area contributed by atoms with Crippen molar-refractivity contribution in [2.45, 2.75) is 4.90 Å². The van der Waals surface area contributed by atoms with Gasteiger partial charge >= 0.3 is 0 Å². The summed E-state index contributed by atoms with van der Waals surface area (Å²) in [5.41, 5.74) is 0.233. The summed E-state index contributed by atoms with van der Waals surface area (Å²) in [6.07, 6.45) is 0. The molecule has 0 unspecified atom stereocenters. The number of nitrogens with two attached hydrogens (primary N) is 1. The van der Waals surface area contributed by atoms with E-state index in [9.17, 15) is 8.42 Å². The van der Waals surface area contributed by atoms with Crippen LogP contribution >= 0.6 is 0 Å². The molecule has 0 aliphatic carbocycles. The Bertz CT molecular complexity index is 510. The zero-order chi connectivity index (χ0) is 12.3. The number of ether oxygens (including phenoxy) is 2. The monoisotopic (exact) mass is 244 g/mol. The molecule has 0 atom stereocenters. The van der Waals surface area contributed by atoms with E-state index in [0.717, 1.165) is 0 Å². The van der Waals surface area contributed by atoms with Crippen LogP contribution in [0.3, 0.4) is 0 Å². The lowest BCUT2D eigenvalue weighted by Crippen LogP contribution is -2.14. The highest BCUT2D eigenvalue weighted by atomic mass is 32.2. The molecule has 1 aromatic rings. The Hall–Kier alpha value is -1.60. The lowest BCUT2D eigenvalue weighted by atomic mass is 10.2. The summed E-state index contributed by atoms with van der Waals surface area (Å²) < 4.78 is 31.9. The predicted octanol–water partition coefficient (Wildman–Crippen LogP) is 0.314. The van der Waals surface area contributed by atoms with Crippen LogP contribution in [0.25, 0.3) is 0 Å². The fourth-order valence-corrected chi connectivity index (χ4v) is 1.69. The minimum absolute atomic E-state index is 0.0925. The van der Waals surface area contributed by atoms with Crippen molar-refractivity contribution in [1.82, 2.24) is 0 Å². The Labute approximate surface area is 93.5 Å². The zero-order valence-electron chi connectivity index (χ0n) is 8.85. The van der Waals surface area contributed by atoms with E-state index in [1.54, 1.807) is 0 Å². The van der Waals surface area contributed by atoms with Crippen LogP contribution in [-0.4, -0.2) is 28.5 Å². The molecule has 0 spiro atoms. The first-order valence-corrected chi connectivity index (χ1v) is 5.78. The molecule has 0 heterocycles. The van der Waals surface area contributed by atoms with E-state index in [-0.39, 0.29) is 16.4 Å². The summed E-state index contributed by atoms with van der Waals surface area (Å²) >= 11 is 0. The van der Waals surface area contributed by atoms with E-state index in [1.807, 2.05) is 0 Å². The maximum Gasteiger partial charge on any atom is 0.238 e. The van der Waals surface area contributed by atoms with Gasteiger partial charge in [-0.2, -0.15) is 0 Å². The molecule has 1 rings (SSSR count). The highest BCUT2D eigenvalue weighted by molar-refractivity contribution is 7.89. The second-order valence-corrected chi connectivity index (χ2v) is 4.50. The van der Waals surface area contributed by atoms with Crippen LogP contribution in [-0.2, 0) is 14.8 Å². The number of primary sulfonamides is 1. The van der Waals surface area contributed by atoms with Gasteiger partial charge in [0.1, 0.15) is 5.75 Å². The SMILES string of the molecule is COC(=N)c1cc(S(N)(=O)=O)ccc1OC. The quantitative estimate of drug-likeness (QED) is 0.590. The van der Waals surface area contributed by atoms with Gasteiger partial charge in [-0.05, 0) is 18.2 Å². The molecule has 0 saturated carbocycles. The number of hydrogen-bond donors (Lipinski definition) is 2. The standard InChI is InChI=1S/C9H12N2O4S/c1-14-8-4-3-6(16(11,12)13)5-7(8)9(10)15-2/h3-5,10H,1-2H3,(H2,11,12,13). The van der Waals surface area contributed by atoms with Gasteiger partial charge in [-0.25, -0.2) is 13.6 Å². The lowest BCUT2D eigenvalue weighted by Gasteiger charge is -2.09. The molecule has 3 N–H and O–H groups in total. The van der Waals surface area contributed by atoms with Crippen molar-refractivity contribution in [3.8, 4) is 5.75 Å². The summed E-state index contributed by atoms with van der Waals surface area (Å²) in [5.74, 6) is 0.154. The van der Waals surface area contributed by atoms with E-state index >= 15 is 0 Å². The summed E-state index contributed by atoms with van der Waals surface area (Å²) in [6.45, 7) is 0. The first-order chi connectivity index (χ1) is 7.40. The summed E-state index contributed by atoms with van der Waals surface area (Å²) in [6, 6.07) is 3.96. The number of hydrogen-bond acceptors (Lipinski definition) is 5. The first-order valence-electron chi connectivity index (χ1n) is 4.24. The number of methoxy groups -OCH3 is 2. The maximum absolute atomic E-state index is 11.1. The molecule has 0 fully saturated rings. The Balaban J connectivity index is 3.38. The first kappa shape index (κ1) is 12.5. The molecule has 7 heteroatoms. The van der Waals surface area contributed by atoms with Gasteiger partial charge in [-0.1, -0.05) is 0 Å². The van der Waals surface area contributed by atoms with Crippen molar-refractivity contribution in [3.63, 3.8) is 0 Å². The predicted molar refractivity (Wildman–Crippen MR) is 58.2 cm³/mol. The third-order valence-electron chi connectivity index (χ3n) is 1.95. The van der Waals surface area contributed by atoms with Crippen molar-refractivity contribution in [3.05, 3.63) is 23.8 Å². The smallest absolute Gasteiger partial charge is 0.238 e. The molecule has 0 radical (unpaired) electrons. The maximum atomic E-state index is 11.1. The van der Waals surface area contributed by atoms with Crippen LogP contribution in [0, 0.1) is 5.41 Å². The molecule has 0 bridgehead atoms. The molecule has 16 heavy (non-hydrogen) atoms. The molecular formula is C9H12N2O4S. The number of benzene rings is 1. The largest absolute Gasteiger partial charge is 0.496 e. The van der Waals surface area contributed by atoms with Crippen molar-refractivity contribution in [2.24, 2.45) is 5.14 Å². The normalized spacial score (nSPS) is 10.9. The Morgan fingerprint density at radius 3 is 2.44 bits per heavy atom. The van der Waals surface area contributed by atoms with Crippen molar-refractivity contribution in [2.75, 3.05) is 14.2 Å². The Morgan fingerprint density at radius 2 is 2.00 bits per heavy atom. The van der Waals surface area contributed by atoms with Gasteiger partial charge in [0.25, 0.3) is 0 Å². The number of nitrogens with one attached hydrogen (secondary N) is 1. The topological polar surface area (TPSA) is 102 Å².